The quantitative estimate of drug-likeness (QED) is 0.119. The van der Waals surface area contributed by atoms with Crippen LogP contribution in [-0.2, 0) is 11.8 Å². The van der Waals surface area contributed by atoms with Crippen LogP contribution in [0.5, 0.6) is 11.5 Å². The second-order valence-corrected chi connectivity index (χ2v) is 10.1. The molecule has 226 valence electrons. The molecular formula is C33H34F3N3O4. The largest absolute Gasteiger partial charge is 0.482 e. The second kappa shape index (κ2) is 14.2. The standard InChI is InChI=1S/C33H34F3N3O4/c1-37-22-21-32(25-13-7-4-8-14-25,43-27-19-17-26(18-20-27)33(34,35)36)28(23-38-2)31(24-11-5-3-6-12-24)42-30-16-10-9-15-29(30)39(40)41/h3-20,28,31,37-38H,21-23H2,1-2H3. The highest BCUT2D eigenvalue weighted by Gasteiger charge is 2.48. The zero-order valence-corrected chi connectivity index (χ0v) is 23.9. The molecular weight excluding hydrogens is 559 g/mol. The molecule has 4 aromatic rings. The highest BCUT2D eigenvalue weighted by molar-refractivity contribution is 5.46. The van der Waals surface area contributed by atoms with Gasteiger partial charge in [-0.05, 0) is 62.1 Å². The summed E-state index contributed by atoms with van der Waals surface area (Å²) in [5, 5.41) is 18.4. The molecule has 2 N–H and O–H groups in total. The van der Waals surface area contributed by atoms with Crippen LogP contribution in [0.2, 0.25) is 0 Å². The molecule has 0 spiro atoms. The second-order valence-electron chi connectivity index (χ2n) is 10.1. The van der Waals surface area contributed by atoms with Crippen LogP contribution in [-0.4, -0.2) is 32.1 Å². The smallest absolute Gasteiger partial charge is 0.416 e. The summed E-state index contributed by atoms with van der Waals surface area (Å²) in [7, 11) is 3.59. The maximum atomic E-state index is 13.4. The van der Waals surface area contributed by atoms with E-state index in [0.29, 0.717) is 19.5 Å². The first-order chi connectivity index (χ1) is 20.7. The van der Waals surface area contributed by atoms with Crippen molar-refractivity contribution in [1.82, 2.24) is 10.6 Å². The van der Waals surface area contributed by atoms with Crippen LogP contribution in [0.25, 0.3) is 0 Å². The van der Waals surface area contributed by atoms with Gasteiger partial charge in [-0.25, -0.2) is 0 Å². The molecule has 0 radical (unpaired) electrons. The summed E-state index contributed by atoms with van der Waals surface area (Å²) in [6.07, 6.45) is -4.88. The van der Waals surface area contributed by atoms with Crippen molar-refractivity contribution in [3.8, 4) is 11.5 Å². The predicted octanol–water partition coefficient (Wildman–Crippen LogP) is 7.15. The molecule has 4 aromatic carbocycles. The molecule has 0 aromatic heterocycles. The molecule has 0 aliphatic carbocycles. The third-order valence-corrected chi connectivity index (χ3v) is 7.32. The van der Waals surface area contributed by atoms with Crippen molar-refractivity contribution < 1.29 is 27.6 Å². The zero-order valence-electron chi connectivity index (χ0n) is 23.9. The Morgan fingerprint density at radius 2 is 1.40 bits per heavy atom. The lowest BCUT2D eigenvalue weighted by Gasteiger charge is -2.45. The Bertz CT molecular complexity index is 1450. The van der Waals surface area contributed by atoms with Crippen molar-refractivity contribution in [2.45, 2.75) is 24.3 Å². The maximum Gasteiger partial charge on any atom is 0.416 e. The SMILES string of the molecule is CNCCC(Oc1ccc(C(F)(F)F)cc1)(c1ccccc1)C(CNC)C(Oc1ccccc1[N+](=O)[O-])c1ccccc1. The number of alkyl halides is 3. The molecule has 0 heterocycles. The van der Waals surface area contributed by atoms with E-state index < -0.39 is 34.3 Å². The minimum atomic E-state index is -4.49. The third-order valence-electron chi connectivity index (χ3n) is 7.32. The van der Waals surface area contributed by atoms with Crippen molar-refractivity contribution in [2.24, 2.45) is 5.92 Å². The average Bonchev–Trinajstić information content (AvgIpc) is 3.02. The van der Waals surface area contributed by atoms with Crippen molar-refractivity contribution in [3.05, 3.63) is 136 Å². The topological polar surface area (TPSA) is 85.7 Å². The minimum Gasteiger partial charge on any atom is -0.482 e. The monoisotopic (exact) mass is 593 g/mol. The van der Waals surface area contributed by atoms with E-state index in [9.17, 15) is 23.3 Å². The molecule has 0 aliphatic rings. The number of nitrogens with zero attached hydrogens (tertiary/aromatic N) is 1. The van der Waals surface area contributed by atoms with E-state index in [2.05, 4.69) is 10.6 Å². The fourth-order valence-corrected chi connectivity index (χ4v) is 5.29. The fraction of sp³-hybridized carbons (Fsp3) is 0.273. The first kappa shape index (κ1) is 31.5. The van der Waals surface area contributed by atoms with E-state index in [1.807, 2.05) is 60.7 Å². The fourth-order valence-electron chi connectivity index (χ4n) is 5.29. The Hall–Kier alpha value is -4.41. The van der Waals surface area contributed by atoms with Gasteiger partial charge in [0.15, 0.2) is 5.75 Å². The van der Waals surface area contributed by atoms with Gasteiger partial charge in [-0.15, -0.1) is 0 Å². The van der Waals surface area contributed by atoms with E-state index in [4.69, 9.17) is 9.47 Å². The number of rotatable bonds is 14. The summed E-state index contributed by atoms with van der Waals surface area (Å²) in [5.74, 6) is -0.211. The Labute approximate surface area is 248 Å². The van der Waals surface area contributed by atoms with Crippen LogP contribution < -0.4 is 20.1 Å². The number of hydrogen-bond acceptors (Lipinski definition) is 6. The van der Waals surface area contributed by atoms with Gasteiger partial charge in [0, 0.05) is 19.0 Å². The molecule has 0 aliphatic heterocycles. The van der Waals surface area contributed by atoms with Gasteiger partial charge in [-0.1, -0.05) is 72.8 Å². The van der Waals surface area contributed by atoms with Crippen molar-refractivity contribution in [2.75, 3.05) is 27.2 Å². The summed E-state index contributed by atoms with van der Waals surface area (Å²) >= 11 is 0. The number of nitro groups is 1. The van der Waals surface area contributed by atoms with Crippen LogP contribution in [0.15, 0.2) is 109 Å². The van der Waals surface area contributed by atoms with E-state index in [1.165, 1.54) is 18.2 Å². The molecule has 43 heavy (non-hydrogen) atoms. The normalized spacial score (nSPS) is 14.3. The minimum absolute atomic E-state index is 0.0903. The third kappa shape index (κ3) is 7.52. The van der Waals surface area contributed by atoms with E-state index in [-0.39, 0.29) is 17.2 Å². The van der Waals surface area contributed by atoms with Crippen LogP contribution >= 0.6 is 0 Å². The average molecular weight is 594 g/mol. The molecule has 0 saturated carbocycles. The van der Waals surface area contributed by atoms with E-state index in [1.54, 1.807) is 32.3 Å². The van der Waals surface area contributed by atoms with Gasteiger partial charge in [0.1, 0.15) is 17.5 Å². The summed E-state index contributed by atoms with van der Waals surface area (Å²) in [6.45, 7) is 0.822. The summed E-state index contributed by atoms with van der Waals surface area (Å²) < 4.78 is 53.6. The summed E-state index contributed by atoms with van der Waals surface area (Å²) in [5.41, 5.74) is -0.610. The van der Waals surface area contributed by atoms with Crippen molar-refractivity contribution >= 4 is 5.69 Å². The lowest BCUT2D eigenvalue weighted by atomic mass is 9.73. The number of nitro benzene ring substituents is 1. The zero-order chi connectivity index (χ0) is 30.9. The molecule has 7 nitrogen and oxygen atoms in total. The lowest BCUT2D eigenvalue weighted by molar-refractivity contribution is -0.386. The molecule has 0 amide bonds. The number of para-hydroxylation sites is 2. The van der Waals surface area contributed by atoms with Gasteiger partial charge < -0.3 is 20.1 Å². The summed E-state index contributed by atoms with van der Waals surface area (Å²) in [6, 6.07) is 29.6. The number of halogens is 3. The van der Waals surface area contributed by atoms with Gasteiger partial charge in [-0.2, -0.15) is 13.2 Å². The van der Waals surface area contributed by atoms with E-state index >= 15 is 0 Å². The predicted molar refractivity (Wildman–Crippen MR) is 159 cm³/mol. The van der Waals surface area contributed by atoms with Gasteiger partial charge in [0.05, 0.1) is 16.4 Å². The Morgan fingerprint density at radius 3 is 1.98 bits per heavy atom. The Kier molecular flexibility index (Phi) is 10.4. The van der Waals surface area contributed by atoms with Crippen molar-refractivity contribution in [3.63, 3.8) is 0 Å². The van der Waals surface area contributed by atoms with Gasteiger partial charge in [-0.3, -0.25) is 10.1 Å². The van der Waals surface area contributed by atoms with Gasteiger partial charge >= 0.3 is 11.9 Å². The van der Waals surface area contributed by atoms with Crippen molar-refractivity contribution in [1.29, 1.82) is 0 Å². The van der Waals surface area contributed by atoms with Crippen LogP contribution in [0.1, 0.15) is 29.2 Å². The van der Waals surface area contributed by atoms with Gasteiger partial charge in [0.2, 0.25) is 0 Å². The maximum absolute atomic E-state index is 13.4. The molecule has 3 unspecified atom stereocenters. The van der Waals surface area contributed by atoms with Crippen LogP contribution in [0, 0.1) is 16.0 Å². The molecule has 10 heteroatoms. The van der Waals surface area contributed by atoms with E-state index in [0.717, 1.165) is 23.3 Å². The molecule has 3 atom stereocenters. The number of hydrogen-bond donors (Lipinski definition) is 2. The molecule has 0 fully saturated rings. The van der Waals surface area contributed by atoms with Crippen LogP contribution in [0.3, 0.4) is 0 Å². The molecule has 0 bridgehead atoms. The highest BCUT2D eigenvalue weighted by Crippen LogP contribution is 2.46. The lowest BCUT2D eigenvalue weighted by Crippen LogP contribution is -2.50. The molecule has 4 rings (SSSR count). The number of ether oxygens (including phenoxy) is 2. The molecule has 0 saturated heterocycles. The van der Waals surface area contributed by atoms with Crippen LogP contribution in [0.4, 0.5) is 18.9 Å². The van der Waals surface area contributed by atoms with Gasteiger partial charge in [0.25, 0.3) is 0 Å². The Balaban J connectivity index is 1.94. The Morgan fingerprint density at radius 1 is 0.791 bits per heavy atom. The number of nitrogens with one attached hydrogen (secondary N) is 2. The first-order valence-electron chi connectivity index (χ1n) is 13.9. The summed E-state index contributed by atoms with van der Waals surface area (Å²) in [4.78, 5) is 11.4. The number of benzene rings is 4. The first-order valence-corrected chi connectivity index (χ1v) is 13.9. The highest BCUT2D eigenvalue weighted by atomic mass is 19.4.